The number of nitrogens with zero attached hydrogens (tertiary/aromatic N) is 3. The molecule has 3 aromatic rings. The number of rotatable bonds is 3. The number of fused-ring (bicyclic) bond motifs is 1. The molecule has 1 fully saturated rings. The van der Waals surface area contributed by atoms with Gasteiger partial charge in [-0.25, -0.2) is 4.39 Å². The molecule has 2 heterocycles. The first-order valence-electron chi connectivity index (χ1n) is 9.54. The van der Waals surface area contributed by atoms with E-state index >= 15 is 0 Å². The number of halogens is 2. The molecule has 1 saturated heterocycles. The number of carbonyl (C=O) groups excluding carboxylic acids is 1. The third-order valence-corrected chi connectivity index (χ3v) is 6.28. The van der Waals surface area contributed by atoms with Crippen molar-refractivity contribution in [1.82, 2.24) is 14.4 Å². The largest absolute Gasteiger partial charge is 0.339 e. The van der Waals surface area contributed by atoms with Crippen molar-refractivity contribution in [3.8, 4) is 0 Å². The number of para-hydroxylation sites is 1. The van der Waals surface area contributed by atoms with E-state index in [-0.39, 0.29) is 11.7 Å². The smallest absolute Gasteiger partial charge is 0.271 e. The number of amides is 1. The summed E-state index contributed by atoms with van der Waals surface area (Å²) < 4.78 is 16.8. The third kappa shape index (κ3) is 3.59. The van der Waals surface area contributed by atoms with Crippen molar-refractivity contribution >= 4 is 32.7 Å². The van der Waals surface area contributed by atoms with Crippen molar-refractivity contribution < 1.29 is 9.18 Å². The summed E-state index contributed by atoms with van der Waals surface area (Å²) in [6, 6.07) is 14.9. The molecule has 1 aliphatic heterocycles. The summed E-state index contributed by atoms with van der Waals surface area (Å²) in [4.78, 5) is 17.4. The second-order valence-electron chi connectivity index (χ2n) is 7.25. The van der Waals surface area contributed by atoms with E-state index in [0.29, 0.717) is 30.9 Å². The molecule has 0 saturated carbocycles. The van der Waals surface area contributed by atoms with Gasteiger partial charge in [0.15, 0.2) is 0 Å². The Balaban J connectivity index is 1.50. The van der Waals surface area contributed by atoms with E-state index in [1.54, 1.807) is 6.07 Å². The molecule has 0 bridgehead atoms. The highest BCUT2D eigenvalue weighted by Crippen LogP contribution is 2.31. The lowest BCUT2D eigenvalue weighted by Gasteiger charge is -2.22. The van der Waals surface area contributed by atoms with Crippen LogP contribution in [0.2, 0.25) is 0 Å². The molecule has 4 rings (SSSR count). The standard InChI is InChI=1S/C22H23BrFN3O/c1-25-19-10-5-3-8-17(19)20(23)21(25)22(28)27-12-6-11-26(13-14-27)15-16-7-2-4-9-18(16)24/h2-5,7-10H,6,11-15H2,1H3. The van der Waals surface area contributed by atoms with Crippen LogP contribution >= 0.6 is 15.9 Å². The van der Waals surface area contributed by atoms with Crippen molar-refractivity contribution in [2.75, 3.05) is 26.2 Å². The maximum absolute atomic E-state index is 14.0. The highest BCUT2D eigenvalue weighted by Gasteiger charge is 2.26. The van der Waals surface area contributed by atoms with E-state index < -0.39 is 0 Å². The van der Waals surface area contributed by atoms with E-state index in [9.17, 15) is 9.18 Å². The number of carbonyl (C=O) groups is 1. The van der Waals surface area contributed by atoms with Crippen LogP contribution in [0.1, 0.15) is 22.5 Å². The van der Waals surface area contributed by atoms with Crippen LogP contribution in [0.4, 0.5) is 4.39 Å². The Kier molecular flexibility index (Phi) is 5.51. The molecule has 1 aromatic heterocycles. The van der Waals surface area contributed by atoms with Gasteiger partial charge >= 0.3 is 0 Å². The van der Waals surface area contributed by atoms with Gasteiger partial charge in [0.25, 0.3) is 5.91 Å². The zero-order valence-electron chi connectivity index (χ0n) is 15.9. The van der Waals surface area contributed by atoms with Crippen molar-refractivity contribution in [2.45, 2.75) is 13.0 Å². The minimum Gasteiger partial charge on any atom is -0.339 e. The zero-order chi connectivity index (χ0) is 19.7. The maximum atomic E-state index is 14.0. The van der Waals surface area contributed by atoms with Gasteiger partial charge in [-0.2, -0.15) is 0 Å². The number of aromatic nitrogens is 1. The highest BCUT2D eigenvalue weighted by atomic mass is 79.9. The molecular formula is C22H23BrFN3O. The van der Waals surface area contributed by atoms with Crippen molar-refractivity contribution in [3.63, 3.8) is 0 Å². The van der Waals surface area contributed by atoms with Gasteiger partial charge in [0.2, 0.25) is 0 Å². The molecule has 146 valence electrons. The normalized spacial score (nSPS) is 15.8. The SMILES string of the molecule is Cn1c(C(=O)N2CCCN(Cc3ccccc3F)CC2)c(Br)c2ccccc21. The highest BCUT2D eigenvalue weighted by molar-refractivity contribution is 9.10. The van der Waals surface area contributed by atoms with Gasteiger partial charge in [-0.1, -0.05) is 36.4 Å². The Labute approximate surface area is 172 Å². The molecule has 0 aliphatic carbocycles. The van der Waals surface area contributed by atoms with Gasteiger partial charge < -0.3 is 9.47 Å². The predicted octanol–water partition coefficient (Wildman–Crippen LogP) is 4.43. The molecule has 28 heavy (non-hydrogen) atoms. The van der Waals surface area contributed by atoms with E-state index in [1.807, 2.05) is 52.9 Å². The fourth-order valence-corrected chi connectivity index (χ4v) is 4.70. The van der Waals surface area contributed by atoms with Crippen LogP contribution in [0.25, 0.3) is 10.9 Å². The lowest BCUT2D eigenvalue weighted by molar-refractivity contribution is 0.0751. The summed E-state index contributed by atoms with van der Waals surface area (Å²) in [5, 5.41) is 1.05. The summed E-state index contributed by atoms with van der Waals surface area (Å²) in [5.74, 6) is -0.127. The van der Waals surface area contributed by atoms with Crippen LogP contribution in [-0.2, 0) is 13.6 Å². The van der Waals surface area contributed by atoms with Crippen molar-refractivity contribution in [2.24, 2.45) is 7.05 Å². The van der Waals surface area contributed by atoms with Gasteiger partial charge in [-0.15, -0.1) is 0 Å². The summed E-state index contributed by atoms with van der Waals surface area (Å²) in [6.45, 7) is 3.52. The van der Waals surface area contributed by atoms with E-state index in [2.05, 4.69) is 20.8 Å². The molecule has 0 unspecified atom stereocenters. The topological polar surface area (TPSA) is 28.5 Å². The van der Waals surface area contributed by atoms with Crippen LogP contribution in [0.5, 0.6) is 0 Å². The summed E-state index contributed by atoms with van der Waals surface area (Å²) >= 11 is 3.63. The van der Waals surface area contributed by atoms with E-state index in [0.717, 1.165) is 34.9 Å². The first-order chi connectivity index (χ1) is 13.6. The Hall–Kier alpha value is -2.18. The molecule has 0 N–H and O–H groups in total. The minimum absolute atomic E-state index is 0.0401. The Morgan fingerprint density at radius 2 is 1.79 bits per heavy atom. The first kappa shape index (κ1) is 19.2. The number of hydrogen-bond acceptors (Lipinski definition) is 2. The van der Waals surface area contributed by atoms with Gasteiger partial charge in [0.1, 0.15) is 11.5 Å². The average Bonchev–Trinajstić information content (AvgIpc) is 2.85. The number of benzene rings is 2. The molecule has 4 nitrogen and oxygen atoms in total. The van der Waals surface area contributed by atoms with Crippen LogP contribution in [-0.4, -0.2) is 46.5 Å². The zero-order valence-corrected chi connectivity index (χ0v) is 17.5. The minimum atomic E-state index is -0.167. The van der Waals surface area contributed by atoms with E-state index in [1.165, 1.54) is 6.07 Å². The monoisotopic (exact) mass is 443 g/mol. The second-order valence-corrected chi connectivity index (χ2v) is 8.05. The molecule has 0 atom stereocenters. The third-order valence-electron chi connectivity index (χ3n) is 5.48. The Morgan fingerprint density at radius 3 is 2.57 bits per heavy atom. The molecule has 0 radical (unpaired) electrons. The Bertz CT molecular complexity index is 977. The summed E-state index contributed by atoms with van der Waals surface area (Å²) in [6.07, 6.45) is 0.877. The molecule has 1 aliphatic rings. The van der Waals surface area contributed by atoms with Crippen molar-refractivity contribution in [1.29, 1.82) is 0 Å². The average molecular weight is 444 g/mol. The molecule has 1 amide bonds. The number of hydrogen-bond donors (Lipinski definition) is 0. The Morgan fingerprint density at radius 1 is 1.04 bits per heavy atom. The maximum Gasteiger partial charge on any atom is 0.271 e. The fourth-order valence-electron chi connectivity index (χ4n) is 3.93. The first-order valence-corrected chi connectivity index (χ1v) is 10.3. The lowest BCUT2D eigenvalue weighted by Crippen LogP contribution is -2.36. The van der Waals surface area contributed by atoms with Crippen LogP contribution in [0, 0.1) is 5.82 Å². The van der Waals surface area contributed by atoms with E-state index in [4.69, 9.17) is 0 Å². The molecule has 6 heteroatoms. The van der Waals surface area contributed by atoms with Crippen LogP contribution in [0.3, 0.4) is 0 Å². The lowest BCUT2D eigenvalue weighted by atomic mass is 10.2. The van der Waals surface area contributed by atoms with Gasteiger partial charge in [-0.3, -0.25) is 9.69 Å². The van der Waals surface area contributed by atoms with Gasteiger partial charge in [0.05, 0.1) is 4.47 Å². The predicted molar refractivity (Wildman–Crippen MR) is 113 cm³/mol. The quantitative estimate of drug-likeness (QED) is 0.598. The molecule has 2 aromatic carbocycles. The van der Waals surface area contributed by atoms with Gasteiger partial charge in [0, 0.05) is 56.2 Å². The molecule has 0 spiro atoms. The second kappa shape index (κ2) is 8.05. The molecular weight excluding hydrogens is 421 g/mol. The van der Waals surface area contributed by atoms with Crippen molar-refractivity contribution in [3.05, 3.63) is 70.1 Å². The summed E-state index contributed by atoms with van der Waals surface area (Å²) in [7, 11) is 1.93. The fraction of sp³-hybridized carbons (Fsp3) is 0.318. The van der Waals surface area contributed by atoms with Gasteiger partial charge in [-0.05, 0) is 34.5 Å². The van der Waals surface area contributed by atoms with Crippen LogP contribution in [0.15, 0.2) is 53.0 Å². The van der Waals surface area contributed by atoms with Crippen LogP contribution < -0.4 is 0 Å². The summed E-state index contributed by atoms with van der Waals surface area (Å²) in [5.41, 5.74) is 2.43. The number of aryl methyl sites for hydroxylation is 1.